The fourth-order valence-corrected chi connectivity index (χ4v) is 2.26. The van der Waals surface area contributed by atoms with Crippen LogP contribution in [0.5, 0.6) is 0 Å². The van der Waals surface area contributed by atoms with Gasteiger partial charge in [0.15, 0.2) is 5.82 Å². The summed E-state index contributed by atoms with van der Waals surface area (Å²) in [7, 11) is 0. The molecule has 94 valence electrons. The molecule has 2 heterocycles. The van der Waals surface area contributed by atoms with E-state index < -0.39 is 0 Å². The highest BCUT2D eigenvalue weighted by Crippen LogP contribution is 2.32. The van der Waals surface area contributed by atoms with Gasteiger partial charge >= 0.3 is 0 Å². The van der Waals surface area contributed by atoms with Crippen LogP contribution in [0.2, 0.25) is 0 Å². The number of carbonyl (C=O) groups excluding carboxylic acids is 1. The molecule has 1 aliphatic rings. The van der Waals surface area contributed by atoms with Gasteiger partial charge in [-0.1, -0.05) is 12.1 Å². The van der Waals surface area contributed by atoms with Gasteiger partial charge in [0.1, 0.15) is 0 Å². The van der Waals surface area contributed by atoms with E-state index in [0.29, 0.717) is 12.4 Å². The maximum atomic E-state index is 12.0. The van der Waals surface area contributed by atoms with Crippen LogP contribution in [0.1, 0.15) is 26.6 Å². The molecule has 2 rings (SSSR count). The summed E-state index contributed by atoms with van der Waals surface area (Å²) in [5, 5.41) is 16.1. The summed E-state index contributed by atoms with van der Waals surface area (Å²) >= 11 is 0. The standard InChI is InChI=1S/C10H17N5O2/c1-5-6(2)17-7(3)9(5)10(16)11-4-8-12-14-15-13-8/h5-7,9H,4H2,1-3H3,(H,11,16)(H,12,13,14,15). The molecule has 1 saturated heterocycles. The first-order valence-electron chi connectivity index (χ1n) is 5.75. The van der Waals surface area contributed by atoms with Crippen LogP contribution in [0.4, 0.5) is 0 Å². The first-order valence-corrected chi connectivity index (χ1v) is 5.75. The number of ether oxygens (including phenoxy) is 1. The lowest BCUT2D eigenvalue weighted by atomic mass is 9.89. The molecule has 7 heteroatoms. The second-order valence-electron chi connectivity index (χ2n) is 4.48. The molecule has 2 N–H and O–H groups in total. The lowest BCUT2D eigenvalue weighted by Crippen LogP contribution is -2.37. The maximum absolute atomic E-state index is 12.0. The Hall–Kier alpha value is -1.50. The summed E-state index contributed by atoms with van der Waals surface area (Å²) in [5.41, 5.74) is 0. The summed E-state index contributed by atoms with van der Waals surface area (Å²) in [6.07, 6.45) is 0.0659. The molecule has 7 nitrogen and oxygen atoms in total. The van der Waals surface area contributed by atoms with Crippen molar-refractivity contribution in [1.82, 2.24) is 25.9 Å². The largest absolute Gasteiger partial charge is 0.374 e. The number of tetrazole rings is 1. The monoisotopic (exact) mass is 239 g/mol. The maximum Gasteiger partial charge on any atom is 0.226 e. The van der Waals surface area contributed by atoms with Crippen molar-refractivity contribution in [1.29, 1.82) is 0 Å². The average molecular weight is 239 g/mol. The summed E-state index contributed by atoms with van der Waals surface area (Å²) < 4.78 is 5.63. The van der Waals surface area contributed by atoms with E-state index in [9.17, 15) is 4.79 Å². The molecular formula is C10H17N5O2. The molecule has 0 saturated carbocycles. The molecule has 1 aromatic heterocycles. The Kier molecular flexibility index (Phi) is 3.37. The minimum absolute atomic E-state index is 0.0147. The molecule has 0 radical (unpaired) electrons. The van der Waals surface area contributed by atoms with E-state index in [1.807, 2.05) is 20.8 Å². The molecular weight excluding hydrogens is 222 g/mol. The third-order valence-corrected chi connectivity index (χ3v) is 3.35. The van der Waals surface area contributed by atoms with Crippen molar-refractivity contribution in [2.45, 2.75) is 39.5 Å². The highest BCUT2D eigenvalue weighted by atomic mass is 16.5. The Bertz CT molecular complexity index is 380. The van der Waals surface area contributed by atoms with Gasteiger partial charge in [-0.2, -0.15) is 5.21 Å². The number of hydrogen-bond acceptors (Lipinski definition) is 5. The van der Waals surface area contributed by atoms with E-state index in [-0.39, 0.29) is 30.0 Å². The van der Waals surface area contributed by atoms with Crippen LogP contribution >= 0.6 is 0 Å². The van der Waals surface area contributed by atoms with E-state index in [4.69, 9.17) is 4.74 Å². The first-order chi connectivity index (χ1) is 8.09. The number of amides is 1. The van der Waals surface area contributed by atoms with Crippen LogP contribution < -0.4 is 5.32 Å². The Balaban J connectivity index is 1.91. The van der Waals surface area contributed by atoms with Gasteiger partial charge < -0.3 is 10.1 Å². The molecule has 0 aromatic carbocycles. The molecule has 17 heavy (non-hydrogen) atoms. The quantitative estimate of drug-likeness (QED) is 0.766. The number of aromatic nitrogens is 4. The highest BCUT2D eigenvalue weighted by molar-refractivity contribution is 5.79. The van der Waals surface area contributed by atoms with Crippen molar-refractivity contribution in [3.8, 4) is 0 Å². The minimum Gasteiger partial charge on any atom is -0.374 e. The van der Waals surface area contributed by atoms with Crippen molar-refractivity contribution in [3.63, 3.8) is 0 Å². The van der Waals surface area contributed by atoms with E-state index in [2.05, 4.69) is 25.9 Å². The predicted octanol–water partition coefficient (Wildman–Crippen LogP) is -0.125. The van der Waals surface area contributed by atoms with Crippen molar-refractivity contribution in [2.75, 3.05) is 0 Å². The number of aromatic amines is 1. The third kappa shape index (κ3) is 2.44. The highest BCUT2D eigenvalue weighted by Gasteiger charge is 2.41. The van der Waals surface area contributed by atoms with Gasteiger partial charge in [-0.15, -0.1) is 10.2 Å². The van der Waals surface area contributed by atoms with Crippen LogP contribution in [-0.4, -0.2) is 38.7 Å². The van der Waals surface area contributed by atoms with Crippen LogP contribution in [0, 0.1) is 11.8 Å². The number of rotatable bonds is 3. The van der Waals surface area contributed by atoms with Gasteiger partial charge in [0.25, 0.3) is 0 Å². The summed E-state index contributed by atoms with van der Waals surface area (Å²) in [5.74, 6) is 0.567. The second kappa shape index (κ2) is 4.79. The number of nitrogens with zero attached hydrogens (tertiary/aromatic N) is 3. The van der Waals surface area contributed by atoms with Crippen LogP contribution in [-0.2, 0) is 16.1 Å². The normalized spacial score (nSPS) is 32.6. The van der Waals surface area contributed by atoms with Crippen LogP contribution in [0.3, 0.4) is 0 Å². The van der Waals surface area contributed by atoms with Gasteiger partial charge in [-0.25, -0.2) is 0 Å². The number of H-pyrrole nitrogens is 1. The minimum atomic E-state index is -0.114. The zero-order valence-electron chi connectivity index (χ0n) is 10.2. The zero-order valence-corrected chi connectivity index (χ0v) is 10.2. The average Bonchev–Trinajstić information content (AvgIpc) is 2.86. The van der Waals surface area contributed by atoms with Crippen LogP contribution in [0.25, 0.3) is 0 Å². The van der Waals surface area contributed by atoms with Gasteiger partial charge in [-0.3, -0.25) is 4.79 Å². The number of hydrogen-bond donors (Lipinski definition) is 2. The second-order valence-corrected chi connectivity index (χ2v) is 4.48. The topological polar surface area (TPSA) is 92.8 Å². The molecule has 1 fully saturated rings. The Morgan fingerprint density at radius 3 is 2.71 bits per heavy atom. The van der Waals surface area contributed by atoms with Crippen LogP contribution in [0.15, 0.2) is 0 Å². The first kappa shape index (κ1) is 12.0. The molecule has 4 atom stereocenters. The van der Waals surface area contributed by atoms with Crippen molar-refractivity contribution < 1.29 is 9.53 Å². The van der Waals surface area contributed by atoms with Gasteiger partial charge in [0, 0.05) is 0 Å². The molecule has 4 unspecified atom stereocenters. The van der Waals surface area contributed by atoms with Crippen molar-refractivity contribution in [3.05, 3.63) is 5.82 Å². The van der Waals surface area contributed by atoms with E-state index in [0.717, 1.165) is 0 Å². The summed E-state index contributed by atoms with van der Waals surface area (Å²) in [6, 6.07) is 0. The van der Waals surface area contributed by atoms with Crippen molar-refractivity contribution >= 4 is 5.91 Å². The molecule has 0 aliphatic carbocycles. The smallest absolute Gasteiger partial charge is 0.226 e. The number of carbonyl (C=O) groups is 1. The third-order valence-electron chi connectivity index (χ3n) is 3.35. The molecule has 0 bridgehead atoms. The SMILES string of the molecule is CC1OC(C)C(C(=O)NCc2nn[nH]n2)C1C. The van der Waals surface area contributed by atoms with Gasteiger partial charge in [0.05, 0.1) is 24.7 Å². The Morgan fingerprint density at radius 1 is 1.41 bits per heavy atom. The number of nitrogens with one attached hydrogen (secondary N) is 2. The Morgan fingerprint density at radius 2 is 2.18 bits per heavy atom. The molecule has 1 aliphatic heterocycles. The molecule has 1 aromatic rings. The summed E-state index contributed by atoms with van der Waals surface area (Å²) in [4.78, 5) is 12.0. The summed E-state index contributed by atoms with van der Waals surface area (Å²) in [6.45, 7) is 6.25. The fourth-order valence-electron chi connectivity index (χ4n) is 2.26. The lowest BCUT2D eigenvalue weighted by molar-refractivity contribution is -0.127. The fraction of sp³-hybridized carbons (Fsp3) is 0.800. The Labute approximate surface area is 99.3 Å². The van der Waals surface area contributed by atoms with Crippen molar-refractivity contribution in [2.24, 2.45) is 11.8 Å². The van der Waals surface area contributed by atoms with Gasteiger partial charge in [0.2, 0.25) is 5.91 Å². The van der Waals surface area contributed by atoms with Gasteiger partial charge in [-0.05, 0) is 19.8 Å². The van der Waals surface area contributed by atoms with E-state index in [1.54, 1.807) is 0 Å². The lowest BCUT2D eigenvalue weighted by Gasteiger charge is -2.17. The molecule has 1 amide bonds. The molecule has 0 spiro atoms. The predicted molar refractivity (Wildman–Crippen MR) is 58.7 cm³/mol. The zero-order chi connectivity index (χ0) is 12.4. The van der Waals surface area contributed by atoms with E-state index in [1.165, 1.54) is 0 Å². The van der Waals surface area contributed by atoms with E-state index >= 15 is 0 Å².